The summed E-state index contributed by atoms with van der Waals surface area (Å²) in [5, 5.41) is 23.1. The molecule has 0 amide bonds. The van der Waals surface area contributed by atoms with E-state index in [1.807, 2.05) is 18.2 Å². The van der Waals surface area contributed by atoms with Gasteiger partial charge >= 0.3 is 0 Å². The van der Waals surface area contributed by atoms with Crippen LogP contribution in [0.15, 0.2) is 30.5 Å². The summed E-state index contributed by atoms with van der Waals surface area (Å²) in [5.41, 5.74) is 1.26. The van der Waals surface area contributed by atoms with E-state index >= 15 is 0 Å². The molecule has 1 aromatic carbocycles. The van der Waals surface area contributed by atoms with Gasteiger partial charge in [-0.25, -0.2) is 0 Å². The Kier molecular flexibility index (Phi) is 4.45. The molecule has 0 saturated heterocycles. The van der Waals surface area contributed by atoms with Gasteiger partial charge in [0.15, 0.2) is 5.82 Å². The minimum atomic E-state index is 0.276. The molecule has 0 aliphatic carbocycles. The SMILES string of the molecule is CCC(C)Nc1nncc(Nc2ccccc2C#N)n1. The fourth-order valence-electron chi connectivity index (χ4n) is 1.57. The van der Waals surface area contributed by atoms with Crippen molar-refractivity contribution in [2.75, 3.05) is 10.6 Å². The third kappa shape index (κ3) is 3.42. The number of nitriles is 1. The highest BCUT2D eigenvalue weighted by Gasteiger charge is 2.06. The highest BCUT2D eigenvalue weighted by Crippen LogP contribution is 2.18. The van der Waals surface area contributed by atoms with Crippen LogP contribution in [0.25, 0.3) is 0 Å². The van der Waals surface area contributed by atoms with Gasteiger partial charge in [-0.2, -0.15) is 15.3 Å². The molecule has 0 spiro atoms. The van der Waals surface area contributed by atoms with Crippen LogP contribution in [0.4, 0.5) is 17.5 Å². The number of benzene rings is 1. The number of nitrogens with zero attached hydrogens (tertiary/aromatic N) is 4. The van der Waals surface area contributed by atoms with Crippen molar-refractivity contribution in [2.45, 2.75) is 26.3 Å². The van der Waals surface area contributed by atoms with Crippen molar-refractivity contribution in [3.8, 4) is 6.07 Å². The highest BCUT2D eigenvalue weighted by molar-refractivity contribution is 5.64. The molecule has 6 nitrogen and oxygen atoms in total. The lowest BCUT2D eigenvalue weighted by molar-refractivity contribution is 0.746. The predicted octanol–water partition coefficient (Wildman–Crippen LogP) is 2.70. The molecule has 1 atom stereocenters. The fourth-order valence-corrected chi connectivity index (χ4v) is 1.57. The summed E-state index contributed by atoms with van der Waals surface area (Å²) < 4.78 is 0. The number of anilines is 3. The lowest BCUT2D eigenvalue weighted by Crippen LogP contribution is -2.16. The lowest BCUT2D eigenvalue weighted by Gasteiger charge is -2.12. The Morgan fingerprint density at radius 1 is 1.35 bits per heavy atom. The molecule has 1 aromatic heterocycles. The van der Waals surface area contributed by atoms with E-state index in [9.17, 15) is 0 Å². The topological polar surface area (TPSA) is 86.5 Å². The lowest BCUT2D eigenvalue weighted by atomic mass is 10.2. The Morgan fingerprint density at radius 3 is 2.90 bits per heavy atom. The van der Waals surface area contributed by atoms with Crippen LogP contribution in [-0.4, -0.2) is 21.2 Å². The summed E-state index contributed by atoms with van der Waals surface area (Å²) in [5.74, 6) is 1.02. The van der Waals surface area contributed by atoms with Gasteiger partial charge in [-0.05, 0) is 25.5 Å². The Hall–Kier alpha value is -2.68. The molecule has 102 valence electrons. The van der Waals surface area contributed by atoms with Crippen molar-refractivity contribution in [3.63, 3.8) is 0 Å². The van der Waals surface area contributed by atoms with Crippen LogP contribution >= 0.6 is 0 Å². The van der Waals surface area contributed by atoms with E-state index < -0.39 is 0 Å². The molecule has 20 heavy (non-hydrogen) atoms. The van der Waals surface area contributed by atoms with E-state index in [4.69, 9.17) is 5.26 Å². The van der Waals surface area contributed by atoms with E-state index in [2.05, 4.69) is 45.7 Å². The van der Waals surface area contributed by atoms with Crippen molar-refractivity contribution >= 4 is 17.5 Å². The van der Waals surface area contributed by atoms with Crippen LogP contribution in [0.3, 0.4) is 0 Å². The molecule has 0 aliphatic heterocycles. The number of para-hydroxylation sites is 1. The third-order valence-electron chi connectivity index (χ3n) is 2.86. The highest BCUT2D eigenvalue weighted by atomic mass is 15.3. The molecule has 2 aromatic rings. The molecule has 1 heterocycles. The van der Waals surface area contributed by atoms with Gasteiger partial charge in [-0.1, -0.05) is 19.1 Å². The molecule has 6 heteroatoms. The first-order valence-electron chi connectivity index (χ1n) is 6.45. The van der Waals surface area contributed by atoms with E-state index in [1.165, 1.54) is 6.20 Å². The predicted molar refractivity (Wildman–Crippen MR) is 77.6 cm³/mol. The molecule has 0 saturated carbocycles. The molecule has 2 rings (SSSR count). The smallest absolute Gasteiger partial charge is 0.244 e. The first-order valence-corrected chi connectivity index (χ1v) is 6.45. The summed E-state index contributed by atoms with van der Waals surface area (Å²) >= 11 is 0. The van der Waals surface area contributed by atoms with E-state index in [0.717, 1.165) is 6.42 Å². The van der Waals surface area contributed by atoms with Crippen LogP contribution in [0.2, 0.25) is 0 Å². The zero-order valence-corrected chi connectivity index (χ0v) is 11.5. The van der Waals surface area contributed by atoms with E-state index in [-0.39, 0.29) is 6.04 Å². The summed E-state index contributed by atoms with van der Waals surface area (Å²) in [7, 11) is 0. The van der Waals surface area contributed by atoms with E-state index in [1.54, 1.807) is 6.07 Å². The van der Waals surface area contributed by atoms with Gasteiger partial charge < -0.3 is 10.6 Å². The van der Waals surface area contributed by atoms with Crippen LogP contribution in [0, 0.1) is 11.3 Å². The number of aromatic nitrogens is 3. The van der Waals surface area contributed by atoms with E-state index in [0.29, 0.717) is 23.0 Å². The van der Waals surface area contributed by atoms with Gasteiger partial charge in [0.05, 0.1) is 17.4 Å². The average molecular weight is 268 g/mol. The van der Waals surface area contributed by atoms with Gasteiger partial charge in [0.25, 0.3) is 0 Å². The first-order chi connectivity index (χ1) is 9.72. The Labute approximate surface area is 117 Å². The van der Waals surface area contributed by atoms with Gasteiger partial charge in [0.2, 0.25) is 5.95 Å². The standard InChI is InChI=1S/C14H16N6/c1-3-10(2)17-14-19-13(9-16-20-14)18-12-7-5-4-6-11(12)8-15/h4-7,9-10H,3H2,1-2H3,(H2,17,18,19,20). The van der Waals surface area contributed by atoms with Crippen LogP contribution in [-0.2, 0) is 0 Å². The molecule has 2 N–H and O–H groups in total. The maximum absolute atomic E-state index is 9.05. The molecule has 0 radical (unpaired) electrons. The van der Waals surface area contributed by atoms with Crippen LogP contribution in [0.5, 0.6) is 0 Å². The zero-order chi connectivity index (χ0) is 14.4. The van der Waals surface area contributed by atoms with Crippen molar-refractivity contribution in [1.82, 2.24) is 15.2 Å². The molecule has 0 fully saturated rings. The van der Waals surface area contributed by atoms with Crippen molar-refractivity contribution < 1.29 is 0 Å². The second kappa shape index (κ2) is 6.48. The van der Waals surface area contributed by atoms with Crippen molar-refractivity contribution in [2.24, 2.45) is 0 Å². The largest absolute Gasteiger partial charge is 0.350 e. The van der Waals surface area contributed by atoms with Crippen LogP contribution < -0.4 is 10.6 Å². The summed E-state index contributed by atoms with van der Waals surface area (Å²) in [6, 6.07) is 9.65. The number of hydrogen-bond acceptors (Lipinski definition) is 6. The number of nitrogens with one attached hydrogen (secondary N) is 2. The maximum atomic E-state index is 9.05. The van der Waals surface area contributed by atoms with Crippen LogP contribution in [0.1, 0.15) is 25.8 Å². The first kappa shape index (κ1) is 13.7. The maximum Gasteiger partial charge on any atom is 0.244 e. The average Bonchev–Trinajstić information content (AvgIpc) is 2.48. The minimum Gasteiger partial charge on any atom is -0.350 e. The Bertz CT molecular complexity index is 619. The molecule has 0 aliphatic rings. The van der Waals surface area contributed by atoms with Crippen molar-refractivity contribution in [3.05, 3.63) is 36.0 Å². The second-order valence-electron chi connectivity index (χ2n) is 4.40. The number of rotatable bonds is 5. The monoisotopic (exact) mass is 268 g/mol. The Morgan fingerprint density at radius 2 is 2.15 bits per heavy atom. The summed E-state index contributed by atoms with van der Waals surface area (Å²) in [6.07, 6.45) is 2.49. The van der Waals surface area contributed by atoms with Gasteiger partial charge in [0.1, 0.15) is 6.07 Å². The van der Waals surface area contributed by atoms with Gasteiger partial charge in [0, 0.05) is 6.04 Å². The quantitative estimate of drug-likeness (QED) is 0.867. The molecule has 0 bridgehead atoms. The van der Waals surface area contributed by atoms with Gasteiger partial charge in [-0.15, -0.1) is 5.10 Å². The fraction of sp³-hybridized carbons (Fsp3) is 0.286. The summed E-state index contributed by atoms with van der Waals surface area (Å²) in [6.45, 7) is 4.13. The summed E-state index contributed by atoms with van der Waals surface area (Å²) in [4.78, 5) is 4.33. The third-order valence-corrected chi connectivity index (χ3v) is 2.86. The van der Waals surface area contributed by atoms with Gasteiger partial charge in [-0.3, -0.25) is 0 Å². The molecule has 1 unspecified atom stereocenters. The normalized spacial score (nSPS) is 11.4. The number of hydrogen-bond donors (Lipinski definition) is 2. The molecular weight excluding hydrogens is 252 g/mol. The van der Waals surface area contributed by atoms with Crippen molar-refractivity contribution in [1.29, 1.82) is 5.26 Å². The second-order valence-corrected chi connectivity index (χ2v) is 4.40. The zero-order valence-electron chi connectivity index (χ0n) is 11.5. The molecular formula is C14H16N6. The Balaban J connectivity index is 2.18. The minimum absolute atomic E-state index is 0.276.